The van der Waals surface area contributed by atoms with Gasteiger partial charge in [0.25, 0.3) is 0 Å². The van der Waals surface area contributed by atoms with Crippen molar-refractivity contribution in [1.82, 2.24) is 0 Å². The summed E-state index contributed by atoms with van der Waals surface area (Å²) in [4.78, 5) is 24.0. The lowest BCUT2D eigenvalue weighted by atomic mass is 10.1. The molecule has 1 aliphatic heterocycles. The molecule has 5 nitrogen and oxygen atoms in total. The lowest BCUT2D eigenvalue weighted by Crippen LogP contribution is -2.11. The number of carbonyl (C=O) groups excluding carboxylic acids is 2. The van der Waals surface area contributed by atoms with E-state index >= 15 is 0 Å². The van der Waals surface area contributed by atoms with Crippen molar-refractivity contribution in [2.75, 3.05) is 12.1 Å². The number of halogens is 2. The number of amides is 1. The molecule has 1 N–H and O–H groups in total. The zero-order valence-corrected chi connectivity index (χ0v) is 14.6. The van der Waals surface area contributed by atoms with E-state index in [9.17, 15) is 9.59 Å². The highest BCUT2D eigenvalue weighted by atomic mass is 35.5. The van der Waals surface area contributed by atoms with Crippen LogP contribution in [-0.2, 0) is 4.79 Å². The van der Waals surface area contributed by atoms with Gasteiger partial charge in [-0.15, -0.1) is 0 Å². The van der Waals surface area contributed by atoms with E-state index in [1.54, 1.807) is 36.4 Å². The van der Waals surface area contributed by atoms with E-state index in [0.29, 0.717) is 32.8 Å². The van der Waals surface area contributed by atoms with E-state index in [4.69, 9.17) is 32.7 Å². The van der Waals surface area contributed by atoms with Crippen molar-refractivity contribution in [3.8, 4) is 11.5 Å². The van der Waals surface area contributed by atoms with Crippen LogP contribution in [0.15, 0.2) is 36.4 Å². The predicted octanol–water partition coefficient (Wildman–Crippen LogP) is 4.58. The number of nitrogens with one attached hydrogen (secondary N) is 1. The van der Waals surface area contributed by atoms with Crippen LogP contribution in [0.5, 0.6) is 11.5 Å². The summed E-state index contributed by atoms with van der Waals surface area (Å²) >= 11 is 11.8. The molecule has 0 atom stereocenters. The molecule has 2 aromatic carbocycles. The molecular formula is C18H13Cl2NO4. The molecule has 25 heavy (non-hydrogen) atoms. The third-order valence-electron chi connectivity index (χ3n) is 3.52. The van der Waals surface area contributed by atoms with Gasteiger partial charge in [0.15, 0.2) is 17.3 Å². The van der Waals surface area contributed by atoms with Crippen LogP contribution in [0.4, 0.5) is 5.69 Å². The molecule has 0 aromatic heterocycles. The Morgan fingerprint density at radius 1 is 1.08 bits per heavy atom. The van der Waals surface area contributed by atoms with Gasteiger partial charge in [0, 0.05) is 17.7 Å². The Kier molecular flexibility index (Phi) is 4.97. The first-order valence-electron chi connectivity index (χ1n) is 7.33. The number of Topliss-reactive ketones (excluding diaryl/α,β-unsaturated/α-hetero) is 1. The Morgan fingerprint density at radius 3 is 2.48 bits per heavy atom. The molecule has 0 radical (unpaired) electrons. The Bertz CT molecular complexity index is 893. The molecule has 0 saturated heterocycles. The van der Waals surface area contributed by atoms with Gasteiger partial charge in [-0.1, -0.05) is 29.3 Å². The van der Waals surface area contributed by atoms with Crippen LogP contribution in [0.3, 0.4) is 0 Å². The van der Waals surface area contributed by atoms with Gasteiger partial charge in [-0.25, -0.2) is 0 Å². The zero-order valence-electron chi connectivity index (χ0n) is 13.1. The SMILES string of the molecule is CC(=O)c1cc2c(cc1NC(=O)/C=C/c1ccc(Cl)c(Cl)c1)OCO2. The molecule has 2 aromatic rings. The topological polar surface area (TPSA) is 64.6 Å². The number of ether oxygens (including phenoxy) is 2. The molecule has 0 fully saturated rings. The van der Waals surface area contributed by atoms with Crippen LogP contribution in [0, 0.1) is 0 Å². The highest BCUT2D eigenvalue weighted by molar-refractivity contribution is 6.42. The minimum absolute atomic E-state index is 0.0846. The van der Waals surface area contributed by atoms with Gasteiger partial charge in [-0.2, -0.15) is 0 Å². The molecule has 0 unspecified atom stereocenters. The summed E-state index contributed by atoms with van der Waals surface area (Å²) in [6, 6.07) is 8.16. The molecule has 7 heteroatoms. The van der Waals surface area contributed by atoms with Crippen LogP contribution in [0.25, 0.3) is 6.08 Å². The molecule has 1 heterocycles. The van der Waals surface area contributed by atoms with E-state index in [1.807, 2.05) is 0 Å². The van der Waals surface area contributed by atoms with E-state index in [2.05, 4.69) is 5.32 Å². The van der Waals surface area contributed by atoms with Crippen molar-refractivity contribution in [1.29, 1.82) is 0 Å². The summed E-state index contributed by atoms with van der Waals surface area (Å²) < 4.78 is 10.5. The fourth-order valence-electron chi connectivity index (χ4n) is 2.30. The van der Waals surface area contributed by atoms with E-state index < -0.39 is 5.91 Å². The van der Waals surface area contributed by atoms with Crippen LogP contribution in [0.1, 0.15) is 22.8 Å². The first kappa shape index (κ1) is 17.3. The van der Waals surface area contributed by atoms with Gasteiger partial charge in [0.05, 0.1) is 15.7 Å². The first-order valence-corrected chi connectivity index (χ1v) is 8.08. The average molecular weight is 378 g/mol. The van der Waals surface area contributed by atoms with Crippen LogP contribution in [-0.4, -0.2) is 18.5 Å². The van der Waals surface area contributed by atoms with E-state index in [1.165, 1.54) is 13.0 Å². The summed E-state index contributed by atoms with van der Waals surface area (Å²) in [7, 11) is 0. The third-order valence-corrected chi connectivity index (χ3v) is 4.26. The monoisotopic (exact) mass is 377 g/mol. The van der Waals surface area contributed by atoms with Crippen LogP contribution in [0.2, 0.25) is 10.0 Å². The second-order valence-electron chi connectivity index (χ2n) is 5.30. The molecule has 0 aliphatic carbocycles. The molecular weight excluding hydrogens is 365 g/mol. The van der Waals surface area contributed by atoms with Crippen molar-refractivity contribution in [3.05, 3.63) is 57.6 Å². The van der Waals surface area contributed by atoms with E-state index in [-0.39, 0.29) is 12.6 Å². The lowest BCUT2D eigenvalue weighted by Gasteiger charge is -2.09. The number of benzene rings is 2. The Hall–Kier alpha value is -2.50. The molecule has 0 spiro atoms. The summed E-state index contributed by atoms with van der Waals surface area (Å²) in [6.07, 6.45) is 2.94. The molecule has 1 aliphatic rings. The number of hydrogen-bond acceptors (Lipinski definition) is 4. The Labute approximate surface area is 154 Å². The number of carbonyl (C=O) groups is 2. The normalized spacial score (nSPS) is 12.4. The minimum atomic E-state index is -0.396. The largest absolute Gasteiger partial charge is 0.454 e. The standard InChI is InChI=1S/C18H13Cl2NO4/c1-10(22)12-7-16-17(25-9-24-16)8-15(12)21-18(23)5-3-11-2-4-13(19)14(20)6-11/h2-8H,9H2,1H3,(H,21,23)/b5-3+. The number of anilines is 1. The van der Waals surface area contributed by atoms with Crippen LogP contribution >= 0.6 is 23.2 Å². The van der Waals surface area contributed by atoms with Crippen molar-refractivity contribution in [2.45, 2.75) is 6.92 Å². The summed E-state index contributed by atoms with van der Waals surface area (Å²) in [6.45, 7) is 1.50. The highest BCUT2D eigenvalue weighted by Crippen LogP contribution is 2.37. The molecule has 0 bridgehead atoms. The summed E-state index contributed by atoms with van der Waals surface area (Å²) in [5.74, 6) is 0.373. The maximum atomic E-state index is 12.2. The summed E-state index contributed by atoms with van der Waals surface area (Å²) in [5.41, 5.74) is 1.43. The van der Waals surface area contributed by atoms with Crippen molar-refractivity contribution < 1.29 is 19.1 Å². The number of fused-ring (bicyclic) bond motifs is 1. The maximum absolute atomic E-state index is 12.2. The highest BCUT2D eigenvalue weighted by Gasteiger charge is 2.19. The maximum Gasteiger partial charge on any atom is 0.248 e. The van der Waals surface area contributed by atoms with E-state index in [0.717, 1.165) is 5.56 Å². The number of ketones is 1. The summed E-state index contributed by atoms with van der Waals surface area (Å²) in [5, 5.41) is 3.52. The average Bonchev–Trinajstić information content (AvgIpc) is 3.02. The number of rotatable bonds is 4. The Balaban J connectivity index is 1.79. The lowest BCUT2D eigenvalue weighted by molar-refractivity contribution is -0.111. The third kappa shape index (κ3) is 3.95. The van der Waals surface area contributed by atoms with Gasteiger partial charge in [0.1, 0.15) is 0 Å². The zero-order chi connectivity index (χ0) is 18.0. The fraction of sp³-hybridized carbons (Fsp3) is 0.111. The Morgan fingerprint density at radius 2 is 1.80 bits per heavy atom. The van der Waals surface area contributed by atoms with Crippen molar-refractivity contribution in [2.24, 2.45) is 0 Å². The van der Waals surface area contributed by atoms with Crippen LogP contribution < -0.4 is 14.8 Å². The minimum Gasteiger partial charge on any atom is -0.454 e. The van der Waals surface area contributed by atoms with Gasteiger partial charge in [0.2, 0.25) is 12.7 Å². The number of hydrogen-bond donors (Lipinski definition) is 1. The second-order valence-corrected chi connectivity index (χ2v) is 6.12. The van der Waals surface area contributed by atoms with Gasteiger partial charge >= 0.3 is 0 Å². The fourth-order valence-corrected chi connectivity index (χ4v) is 2.61. The molecule has 3 rings (SSSR count). The first-order chi connectivity index (χ1) is 11.9. The smallest absolute Gasteiger partial charge is 0.248 e. The molecule has 128 valence electrons. The molecule has 0 saturated carbocycles. The van der Waals surface area contributed by atoms with Crippen molar-refractivity contribution >= 4 is 46.7 Å². The predicted molar refractivity (Wildman–Crippen MR) is 96.7 cm³/mol. The molecule has 1 amide bonds. The van der Waals surface area contributed by atoms with Crippen molar-refractivity contribution in [3.63, 3.8) is 0 Å². The van der Waals surface area contributed by atoms with Gasteiger partial charge in [-0.05, 0) is 36.8 Å². The quantitative estimate of drug-likeness (QED) is 0.625. The van der Waals surface area contributed by atoms with Gasteiger partial charge in [-0.3, -0.25) is 9.59 Å². The van der Waals surface area contributed by atoms with Gasteiger partial charge < -0.3 is 14.8 Å². The second kappa shape index (κ2) is 7.17.